The summed E-state index contributed by atoms with van der Waals surface area (Å²) in [5.74, 6) is -1.36. The predicted molar refractivity (Wildman–Crippen MR) is 122 cm³/mol. The Morgan fingerprint density at radius 1 is 1.13 bits per heavy atom. The number of nitrogens with zero attached hydrogens (tertiary/aromatic N) is 4. The lowest BCUT2D eigenvalue weighted by Crippen LogP contribution is -2.23. The van der Waals surface area contributed by atoms with E-state index >= 15 is 0 Å². The summed E-state index contributed by atoms with van der Waals surface area (Å²) in [5.41, 5.74) is 0.596. The van der Waals surface area contributed by atoms with Crippen LogP contribution in [0.4, 0.5) is 20.3 Å². The van der Waals surface area contributed by atoms with Crippen LogP contribution in [0.5, 0.6) is 0 Å². The van der Waals surface area contributed by atoms with Gasteiger partial charge in [-0.3, -0.25) is 9.69 Å². The van der Waals surface area contributed by atoms with Crippen LogP contribution in [0.2, 0.25) is 0 Å². The predicted octanol–water partition coefficient (Wildman–Crippen LogP) is 5.06. The first-order valence-corrected chi connectivity index (χ1v) is 11.6. The summed E-state index contributed by atoms with van der Waals surface area (Å²) >= 11 is 3.95. The maximum atomic E-state index is 14.2. The Morgan fingerprint density at radius 2 is 1.90 bits per heavy atom. The molecule has 4 rings (SSSR count). The van der Waals surface area contributed by atoms with E-state index in [0.29, 0.717) is 15.7 Å². The Labute approximate surface area is 189 Å². The molecule has 0 radical (unpaired) electrons. The first-order valence-electron chi connectivity index (χ1n) is 9.08. The molecule has 0 aliphatic rings. The van der Waals surface area contributed by atoms with Crippen LogP contribution in [0.25, 0.3) is 9.53 Å². The van der Waals surface area contributed by atoms with Crippen molar-refractivity contribution in [1.82, 2.24) is 9.97 Å². The Hall–Kier alpha value is -2.89. The SMILES string of the molecule is CC(=O)N(c1nc(COC(=O)c2cc3sc(N(C)C)nc3s2)cs1)c1ccccc1F. The van der Waals surface area contributed by atoms with E-state index in [-0.39, 0.29) is 18.2 Å². The van der Waals surface area contributed by atoms with Crippen molar-refractivity contribution in [2.45, 2.75) is 13.5 Å². The molecule has 31 heavy (non-hydrogen) atoms. The van der Waals surface area contributed by atoms with Gasteiger partial charge in [0, 0.05) is 26.4 Å². The average molecular weight is 477 g/mol. The van der Waals surface area contributed by atoms with Crippen molar-refractivity contribution in [2.75, 3.05) is 23.9 Å². The molecule has 0 unspecified atom stereocenters. The molecule has 4 aromatic rings. The zero-order valence-electron chi connectivity index (χ0n) is 16.8. The molecule has 1 aromatic carbocycles. The van der Waals surface area contributed by atoms with E-state index in [1.807, 2.05) is 19.0 Å². The van der Waals surface area contributed by atoms with Gasteiger partial charge in [-0.15, -0.1) is 22.7 Å². The molecule has 0 aliphatic carbocycles. The molecule has 0 fully saturated rings. The second kappa shape index (κ2) is 8.69. The maximum absolute atomic E-state index is 14.2. The molecule has 3 aromatic heterocycles. The standard InChI is InChI=1S/C20H17FN4O3S3/c1-11(26)25(14-7-5-4-6-13(14)21)20-22-12(10-29-20)9-28-18(27)16-8-15-17(30-16)23-19(31-15)24(2)3/h4-8,10H,9H2,1-3H3. The summed E-state index contributed by atoms with van der Waals surface area (Å²) in [6, 6.07) is 7.76. The molecule has 0 bridgehead atoms. The number of halogens is 1. The second-order valence-electron chi connectivity index (χ2n) is 6.67. The number of benzene rings is 1. The molecular formula is C20H17FN4O3S3. The number of esters is 1. The van der Waals surface area contributed by atoms with Crippen LogP contribution in [-0.4, -0.2) is 35.9 Å². The van der Waals surface area contributed by atoms with E-state index in [2.05, 4.69) is 9.97 Å². The van der Waals surface area contributed by atoms with E-state index in [1.54, 1.807) is 23.6 Å². The van der Waals surface area contributed by atoms with Crippen molar-refractivity contribution >= 4 is 71.4 Å². The van der Waals surface area contributed by atoms with Crippen LogP contribution in [-0.2, 0) is 16.1 Å². The first-order chi connectivity index (χ1) is 14.8. The Bertz CT molecular complexity index is 1230. The molecule has 0 atom stereocenters. The fourth-order valence-corrected chi connectivity index (χ4v) is 5.62. The number of amides is 1. The minimum absolute atomic E-state index is 0.0553. The molecule has 0 saturated carbocycles. The fourth-order valence-electron chi connectivity index (χ4n) is 2.73. The van der Waals surface area contributed by atoms with Crippen molar-refractivity contribution in [3.8, 4) is 0 Å². The number of aromatic nitrogens is 2. The van der Waals surface area contributed by atoms with Crippen LogP contribution in [0.1, 0.15) is 22.3 Å². The van der Waals surface area contributed by atoms with Gasteiger partial charge in [0.15, 0.2) is 10.3 Å². The highest BCUT2D eigenvalue weighted by Gasteiger charge is 2.22. The normalized spacial score (nSPS) is 11.0. The molecule has 11 heteroatoms. The van der Waals surface area contributed by atoms with E-state index in [1.165, 1.54) is 58.0 Å². The number of para-hydroxylation sites is 1. The summed E-state index contributed by atoms with van der Waals surface area (Å²) in [5, 5.41) is 2.86. The summed E-state index contributed by atoms with van der Waals surface area (Å²) in [6.45, 7) is 1.28. The lowest BCUT2D eigenvalue weighted by atomic mass is 10.3. The average Bonchev–Trinajstić information content (AvgIpc) is 3.42. The van der Waals surface area contributed by atoms with Crippen molar-refractivity contribution < 1.29 is 18.7 Å². The molecular weight excluding hydrogens is 459 g/mol. The Morgan fingerprint density at radius 3 is 2.58 bits per heavy atom. The minimum atomic E-state index is -0.524. The van der Waals surface area contributed by atoms with E-state index in [4.69, 9.17) is 4.74 Å². The molecule has 3 heterocycles. The van der Waals surface area contributed by atoms with Gasteiger partial charge in [-0.1, -0.05) is 23.5 Å². The number of rotatable bonds is 6. The van der Waals surface area contributed by atoms with Gasteiger partial charge in [0.05, 0.1) is 16.1 Å². The highest BCUT2D eigenvalue weighted by molar-refractivity contribution is 7.29. The number of fused-ring (bicyclic) bond motifs is 1. The molecule has 0 spiro atoms. The smallest absolute Gasteiger partial charge is 0.348 e. The lowest BCUT2D eigenvalue weighted by molar-refractivity contribution is -0.115. The van der Waals surface area contributed by atoms with Crippen LogP contribution in [0.15, 0.2) is 35.7 Å². The van der Waals surface area contributed by atoms with Crippen molar-refractivity contribution in [2.24, 2.45) is 0 Å². The molecule has 0 N–H and O–H groups in total. The van der Waals surface area contributed by atoms with Crippen molar-refractivity contribution in [3.63, 3.8) is 0 Å². The minimum Gasteiger partial charge on any atom is -0.455 e. The highest BCUT2D eigenvalue weighted by Crippen LogP contribution is 2.34. The van der Waals surface area contributed by atoms with Gasteiger partial charge in [-0.05, 0) is 18.2 Å². The topological polar surface area (TPSA) is 75.6 Å². The number of thiazole rings is 2. The van der Waals surface area contributed by atoms with Crippen molar-refractivity contribution in [1.29, 1.82) is 0 Å². The second-order valence-corrected chi connectivity index (χ2v) is 9.55. The zero-order valence-corrected chi connectivity index (χ0v) is 19.2. The maximum Gasteiger partial charge on any atom is 0.348 e. The Balaban J connectivity index is 1.46. The number of hydrogen-bond acceptors (Lipinski definition) is 9. The van der Waals surface area contributed by atoms with E-state index < -0.39 is 11.8 Å². The number of anilines is 3. The fraction of sp³-hybridized carbons (Fsp3) is 0.200. The third kappa shape index (κ3) is 4.43. The molecule has 1 amide bonds. The molecule has 0 saturated heterocycles. The van der Waals surface area contributed by atoms with Crippen LogP contribution >= 0.6 is 34.0 Å². The van der Waals surface area contributed by atoms with Gasteiger partial charge >= 0.3 is 5.97 Å². The highest BCUT2D eigenvalue weighted by atomic mass is 32.1. The van der Waals surface area contributed by atoms with Gasteiger partial charge in [0.1, 0.15) is 22.1 Å². The number of hydrogen-bond donors (Lipinski definition) is 0. The number of carbonyl (C=O) groups excluding carboxylic acids is 2. The van der Waals surface area contributed by atoms with Gasteiger partial charge < -0.3 is 9.64 Å². The van der Waals surface area contributed by atoms with Gasteiger partial charge in [0.2, 0.25) is 5.91 Å². The van der Waals surface area contributed by atoms with Crippen molar-refractivity contribution in [3.05, 3.63) is 52.1 Å². The molecule has 0 aliphatic heterocycles. The largest absolute Gasteiger partial charge is 0.455 e. The summed E-state index contributed by atoms with van der Waals surface area (Å²) in [4.78, 5) is 37.8. The van der Waals surface area contributed by atoms with Gasteiger partial charge in [-0.2, -0.15) is 0 Å². The monoisotopic (exact) mass is 476 g/mol. The molecule has 160 valence electrons. The third-order valence-corrected chi connectivity index (χ3v) is 7.34. The van der Waals surface area contributed by atoms with Crippen LogP contribution in [0, 0.1) is 5.82 Å². The summed E-state index contributed by atoms with van der Waals surface area (Å²) < 4.78 is 20.5. The third-order valence-electron chi connectivity index (χ3n) is 4.15. The summed E-state index contributed by atoms with van der Waals surface area (Å²) in [7, 11) is 3.83. The van der Waals surface area contributed by atoms with Crippen LogP contribution < -0.4 is 9.80 Å². The quantitative estimate of drug-likeness (QED) is 0.362. The van der Waals surface area contributed by atoms with E-state index in [9.17, 15) is 14.0 Å². The number of ether oxygens (including phenoxy) is 1. The Kier molecular flexibility index (Phi) is 5.99. The number of carbonyl (C=O) groups is 2. The lowest BCUT2D eigenvalue weighted by Gasteiger charge is -2.18. The van der Waals surface area contributed by atoms with E-state index in [0.717, 1.165) is 14.7 Å². The zero-order chi connectivity index (χ0) is 22.1. The number of thiophene rings is 1. The van der Waals surface area contributed by atoms with Crippen LogP contribution in [0.3, 0.4) is 0 Å². The summed E-state index contributed by atoms with van der Waals surface area (Å²) in [6.07, 6.45) is 0. The molecule has 7 nitrogen and oxygen atoms in total. The first kappa shape index (κ1) is 21.3. The van der Waals surface area contributed by atoms with Gasteiger partial charge in [-0.25, -0.2) is 19.2 Å². The van der Waals surface area contributed by atoms with Gasteiger partial charge in [0.25, 0.3) is 0 Å².